The highest BCUT2D eigenvalue weighted by Crippen LogP contribution is 2.33. The zero-order valence-electron chi connectivity index (χ0n) is 9.12. The van der Waals surface area contributed by atoms with Crippen LogP contribution in [0.4, 0.5) is 0 Å². The van der Waals surface area contributed by atoms with Crippen LogP contribution in [0.3, 0.4) is 0 Å². The van der Waals surface area contributed by atoms with E-state index in [4.69, 9.17) is 17.3 Å². The molecule has 0 amide bonds. The maximum absolute atomic E-state index is 6.02. The van der Waals surface area contributed by atoms with Crippen molar-refractivity contribution in [3.8, 4) is 0 Å². The van der Waals surface area contributed by atoms with Gasteiger partial charge in [0.15, 0.2) is 0 Å². The third-order valence-corrected chi connectivity index (χ3v) is 3.77. The first-order valence-electron chi connectivity index (χ1n) is 5.78. The van der Waals surface area contributed by atoms with Gasteiger partial charge in [-0.05, 0) is 37.1 Å². The molecule has 84 valence electrons. The van der Waals surface area contributed by atoms with E-state index in [2.05, 4.69) is 16.7 Å². The standard InChI is InChI=1S/C13H15ClN2/c14-11-3-4-12-10(6-11)7-13-9(8-15)2-1-5-16(12)13/h3-4,6-7,9H,1-2,5,8,15H2. The molecule has 1 atom stereocenters. The molecular weight excluding hydrogens is 220 g/mol. The number of aryl methyl sites for hydroxylation is 1. The summed E-state index contributed by atoms with van der Waals surface area (Å²) in [4.78, 5) is 0. The molecule has 2 heterocycles. The van der Waals surface area contributed by atoms with Gasteiger partial charge in [-0.15, -0.1) is 0 Å². The van der Waals surface area contributed by atoms with Gasteiger partial charge in [0.05, 0.1) is 0 Å². The van der Waals surface area contributed by atoms with Crippen molar-refractivity contribution in [1.82, 2.24) is 4.57 Å². The van der Waals surface area contributed by atoms with E-state index in [1.54, 1.807) is 0 Å². The third-order valence-electron chi connectivity index (χ3n) is 3.53. The van der Waals surface area contributed by atoms with Crippen molar-refractivity contribution in [2.24, 2.45) is 5.73 Å². The van der Waals surface area contributed by atoms with Gasteiger partial charge in [-0.3, -0.25) is 0 Å². The normalized spacial score (nSPS) is 20.0. The molecule has 0 fully saturated rings. The van der Waals surface area contributed by atoms with Crippen LogP contribution in [0.15, 0.2) is 24.3 Å². The number of hydrogen-bond acceptors (Lipinski definition) is 1. The summed E-state index contributed by atoms with van der Waals surface area (Å²) in [7, 11) is 0. The molecule has 0 radical (unpaired) electrons. The number of nitrogens with two attached hydrogens (primary N) is 1. The van der Waals surface area contributed by atoms with Crippen molar-refractivity contribution >= 4 is 22.5 Å². The van der Waals surface area contributed by atoms with E-state index in [1.165, 1.54) is 29.4 Å². The quantitative estimate of drug-likeness (QED) is 0.808. The Morgan fingerprint density at radius 2 is 2.25 bits per heavy atom. The molecule has 0 saturated carbocycles. The molecule has 16 heavy (non-hydrogen) atoms. The van der Waals surface area contributed by atoms with Crippen LogP contribution in [-0.2, 0) is 6.54 Å². The van der Waals surface area contributed by atoms with Gasteiger partial charge in [0.1, 0.15) is 0 Å². The van der Waals surface area contributed by atoms with Crippen LogP contribution in [0.1, 0.15) is 24.5 Å². The van der Waals surface area contributed by atoms with Gasteiger partial charge in [-0.1, -0.05) is 11.6 Å². The summed E-state index contributed by atoms with van der Waals surface area (Å²) in [5, 5.41) is 2.04. The summed E-state index contributed by atoms with van der Waals surface area (Å²) in [6.07, 6.45) is 2.43. The highest BCUT2D eigenvalue weighted by molar-refractivity contribution is 6.31. The number of fused-ring (bicyclic) bond motifs is 3. The molecule has 1 aromatic carbocycles. The van der Waals surface area contributed by atoms with Gasteiger partial charge in [0.2, 0.25) is 0 Å². The molecule has 0 spiro atoms. The minimum Gasteiger partial charge on any atom is -0.344 e. The summed E-state index contributed by atoms with van der Waals surface area (Å²) in [6, 6.07) is 8.36. The van der Waals surface area contributed by atoms with Gasteiger partial charge in [0, 0.05) is 40.6 Å². The third kappa shape index (κ3) is 1.45. The lowest BCUT2D eigenvalue weighted by Gasteiger charge is -2.24. The summed E-state index contributed by atoms with van der Waals surface area (Å²) >= 11 is 6.02. The minimum absolute atomic E-state index is 0.514. The molecule has 0 bridgehead atoms. The predicted octanol–water partition coefficient (Wildman–Crippen LogP) is 3.13. The number of halogens is 1. The first-order valence-corrected chi connectivity index (χ1v) is 6.16. The molecule has 2 aromatic rings. The molecule has 0 aliphatic carbocycles. The van der Waals surface area contributed by atoms with Crippen molar-refractivity contribution in [3.63, 3.8) is 0 Å². The number of hydrogen-bond donors (Lipinski definition) is 1. The SMILES string of the molecule is NCC1CCCn2c1cc1cc(Cl)ccc12. The molecule has 2 nitrogen and oxygen atoms in total. The lowest BCUT2D eigenvalue weighted by atomic mass is 9.96. The Morgan fingerprint density at radius 3 is 3.06 bits per heavy atom. The van der Waals surface area contributed by atoms with E-state index in [9.17, 15) is 0 Å². The van der Waals surface area contributed by atoms with Crippen molar-refractivity contribution in [3.05, 3.63) is 35.0 Å². The highest BCUT2D eigenvalue weighted by atomic mass is 35.5. The molecule has 3 heteroatoms. The molecule has 1 aliphatic rings. The van der Waals surface area contributed by atoms with Crippen molar-refractivity contribution in [1.29, 1.82) is 0 Å². The summed E-state index contributed by atoms with van der Waals surface area (Å²) in [6.45, 7) is 1.85. The first kappa shape index (κ1) is 10.2. The Morgan fingerprint density at radius 1 is 1.38 bits per heavy atom. The van der Waals surface area contributed by atoms with E-state index >= 15 is 0 Å². The lowest BCUT2D eigenvalue weighted by molar-refractivity contribution is 0.467. The average molecular weight is 235 g/mol. The van der Waals surface area contributed by atoms with E-state index in [0.717, 1.165) is 18.1 Å². The second kappa shape index (κ2) is 3.79. The lowest BCUT2D eigenvalue weighted by Crippen LogP contribution is -2.21. The molecule has 1 unspecified atom stereocenters. The molecule has 1 aliphatic heterocycles. The number of nitrogens with zero attached hydrogens (tertiary/aromatic N) is 1. The highest BCUT2D eigenvalue weighted by Gasteiger charge is 2.21. The summed E-state index contributed by atoms with van der Waals surface area (Å²) < 4.78 is 2.40. The Balaban J connectivity index is 2.24. The first-order chi connectivity index (χ1) is 7.79. The number of aromatic nitrogens is 1. The van der Waals surface area contributed by atoms with E-state index in [-0.39, 0.29) is 0 Å². The Labute approximate surface area is 100.0 Å². The molecule has 3 rings (SSSR count). The fraction of sp³-hybridized carbons (Fsp3) is 0.385. The predicted molar refractivity (Wildman–Crippen MR) is 68.0 cm³/mol. The second-order valence-corrected chi connectivity index (χ2v) is 4.94. The van der Waals surface area contributed by atoms with Crippen molar-refractivity contribution < 1.29 is 0 Å². The van der Waals surface area contributed by atoms with E-state index in [0.29, 0.717) is 5.92 Å². The second-order valence-electron chi connectivity index (χ2n) is 4.50. The van der Waals surface area contributed by atoms with Gasteiger partial charge in [-0.2, -0.15) is 0 Å². The molecule has 1 aromatic heterocycles. The summed E-state index contributed by atoms with van der Waals surface area (Å²) in [5.41, 5.74) is 8.50. The Bertz CT molecular complexity index is 530. The number of benzene rings is 1. The van der Waals surface area contributed by atoms with Crippen LogP contribution in [-0.4, -0.2) is 11.1 Å². The van der Waals surface area contributed by atoms with E-state index in [1.807, 2.05) is 12.1 Å². The fourth-order valence-electron chi connectivity index (χ4n) is 2.73. The smallest absolute Gasteiger partial charge is 0.0483 e. The van der Waals surface area contributed by atoms with Gasteiger partial charge < -0.3 is 10.3 Å². The van der Waals surface area contributed by atoms with Crippen molar-refractivity contribution in [2.45, 2.75) is 25.3 Å². The maximum Gasteiger partial charge on any atom is 0.0483 e. The van der Waals surface area contributed by atoms with Crippen molar-refractivity contribution in [2.75, 3.05) is 6.54 Å². The zero-order valence-corrected chi connectivity index (χ0v) is 9.87. The minimum atomic E-state index is 0.514. The maximum atomic E-state index is 6.02. The van der Waals surface area contributed by atoms with Crippen LogP contribution in [0, 0.1) is 0 Å². The van der Waals surface area contributed by atoms with Crippen LogP contribution in [0.2, 0.25) is 5.02 Å². The monoisotopic (exact) mass is 234 g/mol. The largest absolute Gasteiger partial charge is 0.344 e. The average Bonchev–Trinajstić information content (AvgIpc) is 2.65. The Kier molecular flexibility index (Phi) is 2.41. The molecule has 2 N–H and O–H groups in total. The van der Waals surface area contributed by atoms with Crippen LogP contribution in [0.5, 0.6) is 0 Å². The van der Waals surface area contributed by atoms with Crippen LogP contribution < -0.4 is 5.73 Å². The Hall–Kier alpha value is -0.990. The van der Waals surface area contributed by atoms with E-state index < -0.39 is 0 Å². The fourth-order valence-corrected chi connectivity index (χ4v) is 2.91. The van der Waals surface area contributed by atoms with Crippen LogP contribution >= 0.6 is 11.6 Å². The zero-order chi connectivity index (χ0) is 11.1. The van der Waals surface area contributed by atoms with Gasteiger partial charge in [-0.25, -0.2) is 0 Å². The summed E-state index contributed by atoms with van der Waals surface area (Å²) in [5.74, 6) is 0.514. The molecule has 0 saturated heterocycles. The van der Waals surface area contributed by atoms with Gasteiger partial charge >= 0.3 is 0 Å². The van der Waals surface area contributed by atoms with Crippen LogP contribution in [0.25, 0.3) is 10.9 Å². The topological polar surface area (TPSA) is 30.9 Å². The van der Waals surface area contributed by atoms with Gasteiger partial charge in [0.25, 0.3) is 0 Å². The molecular formula is C13H15ClN2. The number of rotatable bonds is 1.